The highest BCUT2D eigenvalue weighted by molar-refractivity contribution is 8.00. The van der Waals surface area contributed by atoms with Gasteiger partial charge in [-0.3, -0.25) is 4.79 Å². The molecule has 0 aliphatic heterocycles. The lowest BCUT2D eigenvalue weighted by Gasteiger charge is -2.05. The van der Waals surface area contributed by atoms with E-state index >= 15 is 0 Å². The van der Waals surface area contributed by atoms with Crippen LogP contribution >= 0.6 is 11.8 Å². The van der Waals surface area contributed by atoms with E-state index in [-0.39, 0.29) is 5.91 Å². The Morgan fingerprint density at radius 2 is 1.76 bits per heavy atom. The molecule has 0 radical (unpaired) electrons. The van der Waals surface area contributed by atoms with Gasteiger partial charge in [0.1, 0.15) is 0 Å². The van der Waals surface area contributed by atoms with Crippen LogP contribution in [0.2, 0.25) is 0 Å². The van der Waals surface area contributed by atoms with E-state index in [4.69, 9.17) is 5.73 Å². The van der Waals surface area contributed by atoms with E-state index in [1.165, 1.54) is 17.3 Å². The quantitative estimate of drug-likeness (QED) is 0.469. The van der Waals surface area contributed by atoms with Crippen LogP contribution in [0.3, 0.4) is 0 Å². The fourth-order valence-electron chi connectivity index (χ4n) is 1.93. The van der Waals surface area contributed by atoms with Crippen molar-refractivity contribution in [3.05, 3.63) is 60.2 Å². The molecule has 110 valence electrons. The Balaban J connectivity index is 1.60. The predicted octanol–water partition coefficient (Wildman–Crippen LogP) is 3.11. The summed E-state index contributed by atoms with van der Waals surface area (Å²) in [5.74, 6) is 0.514. The fraction of sp³-hybridized carbons (Fsp3) is 0.235. The summed E-state index contributed by atoms with van der Waals surface area (Å²) in [5, 5.41) is 2.95. The van der Waals surface area contributed by atoms with E-state index in [2.05, 4.69) is 17.4 Å². The van der Waals surface area contributed by atoms with Gasteiger partial charge in [-0.1, -0.05) is 30.3 Å². The van der Waals surface area contributed by atoms with E-state index in [9.17, 15) is 4.79 Å². The molecule has 4 heteroatoms. The summed E-state index contributed by atoms with van der Waals surface area (Å²) in [6.45, 7) is 0.718. The SMILES string of the molecule is Nc1ccc(SCC(=O)NCCCc2ccccc2)cc1. The van der Waals surface area contributed by atoms with Gasteiger partial charge in [-0.05, 0) is 42.7 Å². The van der Waals surface area contributed by atoms with Crippen LogP contribution in [0, 0.1) is 0 Å². The molecular weight excluding hydrogens is 280 g/mol. The Bertz CT molecular complexity index is 555. The van der Waals surface area contributed by atoms with E-state index in [0.717, 1.165) is 30.0 Å². The number of hydrogen-bond donors (Lipinski definition) is 2. The van der Waals surface area contributed by atoms with Gasteiger partial charge in [0.05, 0.1) is 5.75 Å². The zero-order valence-corrected chi connectivity index (χ0v) is 12.7. The van der Waals surface area contributed by atoms with E-state index in [0.29, 0.717) is 5.75 Å². The fourth-order valence-corrected chi connectivity index (χ4v) is 2.66. The Hall–Kier alpha value is -1.94. The molecule has 2 aromatic carbocycles. The summed E-state index contributed by atoms with van der Waals surface area (Å²) in [4.78, 5) is 12.8. The first kappa shape index (κ1) is 15.4. The van der Waals surface area contributed by atoms with Gasteiger partial charge < -0.3 is 11.1 Å². The normalized spacial score (nSPS) is 10.3. The number of hydrogen-bond acceptors (Lipinski definition) is 3. The highest BCUT2D eigenvalue weighted by atomic mass is 32.2. The first-order valence-electron chi connectivity index (χ1n) is 7.03. The van der Waals surface area contributed by atoms with Gasteiger partial charge in [0.15, 0.2) is 0 Å². The van der Waals surface area contributed by atoms with Gasteiger partial charge in [0, 0.05) is 17.1 Å². The van der Waals surface area contributed by atoms with Gasteiger partial charge in [-0.15, -0.1) is 11.8 Å². The van der Waals surface area contributed by atoms with Crippen LogP contribution in [0.5, 0.6) is 0 Å². The third-order valence-electron chi connectivity index (χ3n) is 3.06. The minimum absolute atomic E-state index is 0.0740. The molecule has 0 bridgehead atoms. The van der Waals surface area contributed by atoms with Crippen molar-refractivity contribution in [2.45, 2.75) is 17.7 Å². The molecule has 21 heavy (non-hydrogen) atoms. The van der Waals surface area contributed by atoms with Crippen LogP contribution in [0.4, 0.5) is 5.69 Å². The third kappa shape index (κ3) is 5.92. The second-order valence-corrected chi connectivity index (χ2v) is 5.85. The number of amides is 1. The number of aryl methyl sites for hydroxylation is 1. The third-order valence-corrected chi connectivity index (χ3v) is 4.07. The molecule has 3 nitrogen and oxygen atoms in total. The lowest BCUT2D eigenvalue weighted by atomic mass is 10.1. The Labute approximate surface area is 129 Å². The second-order valence-electron chi connectivity index (χ2n) is 4.80. The minimum atomic E-state index is 0.0740. The summed E-state index contributed by atoms with van der Waals surface area (Å²) in [7, 11) is 0. The van der Waals surface area contributed by atoms with Gasteiger partial charge in [0.2, 0.25) is 5.91 Å². The molecular formula is C17H20N2OS. The van der Waals surface area contributed by atoms with Crippen LogP contribution in [0.15, 0.2) is 59.5 Å². The number of carbonyl (C=O) groups excluding carboxylic acids is 1. The number of carbonyl (C=O) groups is 1. The van der Waals surface area contributed by atoms with Gasteiger partial charge in [-0.25, -0.2) is 0 Å². The van der Waals surface area contributed by atoms with Crippen LogP contribution < -0.4 is 11.1 Å². The summed E-state index contributed by atoms with van der Waals surface area (Å²) in [6.07, 6.45) is 1.95. The Morgan fingerprint density at radius 1 is 1.05 bits per heavy atom. The molecule has 0 saturated heterocycles. The van der Waals surface area contributed by atoms with Crippen molar-refractivity contribution in [3.8, 4) is 0 Å². The van der Waals surface area contributed by atoms with Gasteiger partial charge in [-0.2, -0.15) is 0 Å². The summed E-state index contributed by atoms with van der Waals surface area (Å²) >= 11 is 1.52. The molecule has 2 aromatic rings. The standard InChI is InChI=1S/C17H20N2OS/c18-15-8-10-16(11-9-15)21-13-17(20)19-12-4-7-14-5-2-1-3-6-14/h1-3,5-6,8-11H,4,7,12-13,18H2,(H,19,20). The van der Waals surface area contributed by atoms with Crippen molar-refractivity contribution >= 4 is 23.4 Å². The van der Waals surface area contributed by atoms with E-state index in [1.54, 1.807) is 0 Å². The van der Waals surface area contributed by atoms with Crippen molar-refractivity contribution in [1.29, 1.82) is 0 Å². The van der Waals surface area contributed by atoms with Crippen molar-refractivity contribution < 1.29 is 4.79 Å². The maximum absolute atomic E-state index is 11.7. The number of rotatable bonds is 7. The van der Waals surface area contributed by atoms with Gasteiger partial charge in [0.25, 0.3) is 0 Å². The second kappa shape index (κ2) is 8.37. The van der Waals surface area contributed by atoms with Crippen molar-refractivity contribution in [2.24, 2.45) is 0 Å². The highest BCUT2D eigenvalue weighted by Gasteiger charge is 2.02. The topological polar surface area (TPSA) is 55.1 Å². The zero-order chi connectivity index (χ0) is 14.9. The summed E-state index contributed by atoms with van der Waals surface area (Å²) in [6, 6.07) is 17.9. The monoisotopic (exact) mass is 300 g/mol. The Morgan fingerprint density at radius 3 is 2.48 bits per heavy atom. The number of nitrogens with two attached hydrogens (primary N) is 1. The molecule has 0 unspecified atom stereocenters. The van der Waals surface area contributed by atoms with Crippen molar-refractivity contribution in [3.63, 3.8) is 0 Å². The van der Waals surface area contributed by atoms with Crippen LogP contribution in [-0.4, -0.2) is 18.2 Å². The van der Waals surface area contributed by atoms with E-state index < -0.39 is 0 Å². The molecule has 0 spiro atoms. The number of thioether (sulfide) groups is 1. The molecule has 3 N–H and O–H groups in total. The number of benzene rings is 2. The number of nitrogen functional groups attached to an aromatic ring is 1. The number of nitrogens with one attached hydrogen (secondary N) is 1. The maximum atomic E-state index is 11.7. The molecule has 2 rings (SSSR count). The average Bonchev–Trinajstić information content (AvgIpc) is 2.52. The molecule has 0 atom stereocenters. The summed E-state index contributed by atoms with van der Waals surface area (Å²) in [5.41, 5.74) is 7.67. The van der Waals surface area contributed by atoms with Crippen LogP contribution in [0.1, 0.15) is 12.0 Å². The molecule has 0 fully saturated rings. The first-order chi connectivity index (χ1) is 10.2. The first-order valence-corrected chi connectivity index (χ1v) is 8.01. The lowest BCUT2D eigenvalue weighted by molar-refractivity contribution is -0.118. The average molecular weight is 300 g/mol. The molecule has 0 aliphatic carbocycles. The largest absolute Gasteiger partial charge is 0.399 e. The highest BCUT2D eigenvalue weighted by Crippen LogP contribution is 2.18. The molecule has 0 aromatic heterocycles. The zero-order valence-electron chi connectivity index (χ0n) is 11.9. The smallest absolute Gasteiger partial charge is 0.230 e. The van der Waals surface area contributed by atoms with Gasteiger partial charge >= 0.3 is 0 Å². The Kier molecular flexibility index (Phi) is 6.16. The molecule has 0 heterocycles. The predicted molar refractivity (Wildman–Crippen MR) is 89.4 cm³/mol. The molecule has 0 saturated carbocycles. The van der Waals surface area contributed by atoms with Crippen LogP contribution in [-0.2, 0) is 11.2 Å². The maximum Gasteiger partial charge on any atom is 0.230 e. The minimum Gasteiger partial charge on any atom is -0.399 e. The number of anilines is 1. The molecule has 0 aliphatic rings. The lowest BCUT2D eigenvalue weighted by Crippen LogP contribution is -2.26. The van der Waals surface area contributed by atoms with E-state index in [1.807, 2.05) is 42.5 Å². The van der Waals surface area contributed by atoms with Crippen molar-refractivity contribution in [2.75, 3.05) is 18.0 Å². The van der Waals surface area contributed by atoms with Crippen LogP contribution in [0.25, 0.3) is 0 Å². The molecule has 1 amide bonds. The summed E-state index contributed by atoms with van der Waals surface area (Å²) < 4.78 is 0. The van der Waals surface area contributed by atoms with Crippen molar-refractivity contribution in [1.82, 2.24) is 5.32 Å².